The smallest absolute Gasteiger partial charge is 0.238 e. The van der Waals surface area contributed by atoms with Crippen molar-refractivity contribution in [3.05, 3.63) is 59.4 Å². The van der Waals surface area contributed by atoms with Gasteiger partial charge in [0.2, 0.25) is 5.91 Å². The monoisotopic (exact) mass is 385 g/mol. The summed E-state index contributed by atoms with van der Waals surface area (Å²) in [7, 11) is 1.47. The molecule has 0 aromatic heterocycles. The molecule has 0 unspecified atom stereocenters. The number of rotatable bonds is 7. The van der Waals surface area contributed by atoms with Gasteiger partial charge in [-0.25, -0.2) is 4.39 Å². The lowest BCUT2D eigenvalue weighted by Gasteiger charge is -2.34. The summed E-state index contributed by atoms with van der Waals surface area (Å²) in [5, 5.41) is 3.03. The summed E-state index contributed by atoms with van der Waals surface area (Å²) < 4.78 is 18.8. The van der Waals surface area contributed by atoms with E-state index in [-0.39, 0.29) is 17.5 Å². The van der Waals surface area contributed by atoms with Crippen LogP contribution in [-0.2, 0) is 17.8 Å². The van der Waals surface area contributed by atoms with E-state index in [9.17, 15) is 9.18 Å². The van der Waals surface area contributed by atoms with Gasteiger partial charge in [-0.15, -0.1) is 0 Å². The second-order valence-electron chi connectivity index (χ2n) is 7.08. The van der Waals surface area contributed by atoms with E-state index in [1.807, 2.05) is 30.3 Å². The van der Waals surface area contributed by atoms with Crippen molar-refractivity contribution in [1.82, 2.24) is 9.80 Å². The minimum Gasteiger partial charge on any atom is -0.494 e. The zero-order valence-corrected chi connectivity index (χ0v) is 16.6. The molecule has 0 aliphatic carbocycles. The first-order valence-corrected chi connectivity index (χ1v) is 9.74. The number of piperazine rings is 1. The topological polar surface area (TPSA) is 44.8 Å². The lowest BCUT2D eigenvalue weighted by Crippen LogP contribution is -2.48. The molecule has 1 saturated heterocycles. The fourth-order valence-corrected chi connectivity index (χ4v) is 3.52. The highest BCUT2D eigenvalue weighted by Crippen LogP contribution is 2.19. The first kappa shape index (κ1) is 20.3. The normalized spacial score (nSPS) is 15.4. The molecule has 6 heteroatoms. The number of nitrogens with zero attached hydrogens (tertiary/aromatic N) is 2. The number of amides is 1. The van der Waals surface area contributed by atoms with E-state index in [1.54, 1.807) is 6.07 Å². The Morgan fingerprint density at radius 1 is 1.11 bits per heavy atom. The molecule has 1 fully saturated rings. The van der Waals surface area contributed by atoms with Gasteiger partial charge >= 0.3 is 0 Å². The van der Waals surface area contributed by atoms with Gasteiger partial charge in [-0.1, -0.05) is 31.2 Å². The number of methoxy groups -OCH3 is 1. The molecule has 3 rings (SSSR count). The number of nitrogens with one attached hydrogen (secondary N) is 1. The number of para-hydroxylation sites is 1. The number of halogens is 1. The Balaban J connectivity index is 1.46. The van der Waals surface area contributed by atoms with Crippen molar-refractivity contribution in [2.75, 3.05) is 45.2 Å². The fourth-order valence-electron chi connectivity index (χ4n) is 3.52. The van der Waals surface area contributed by atoms with E-state index in [2.05, 4.69) is 22.0 Å². The molecule has 0 saturated carbocycles. The Kier molecular flexibility index (Phi) is 7.01. The molecule has 1 amide bonds. The van der Waals surface area contributed by atoms with Crippen LogP contribution >= 0.6 is 0 Å². The van der Waals surface area contributed by atoms with E-state index in [4.69, 9.17) is 4.74 Å². The quantitative estimate of drug-likeness (QED) is 0.795. The fraction of sp³-hybridized carbons (Fsp3) is 0.409. The van der Waals surface area contributed by atoms with Crippen LogP contribution in [-0.4, -0.2) is 55.5 Å². The maximum absolute atomic E-state index is 13.8. The minimum atomic E-state index is -0.331. The molecule has 2 aromatic carbocycles. The van der Waals surface area contributed by atoms with Crippen LogP contribution in [0.5, 0.6) is 5.75 Å². The molecule has 0 spiro atoms. The van der Waals surface area contributed by atoms with Crippen molar-refractivity contribution in [2.24, 2.45) is 0 Å². The molecule has 0 bridgehead atoms. The van der Waals surface area contributed by atoms with Gasteiger partial charge in [0.25, 0.3) is 0 Å². The van der Waals surface area contributed by atoms with Crippen LogP contribution in [0.3, 0.4) is 0 Å². The van der Waals surface area contributed by atoms with Gasteiger partial charge in [0.1, 0.15) is 0 Å². The van der Waals surface area contributed by atoms with E-state index in [0.29, 0.717) is 13.1 Å². The van der Waals surface area contributed by atoms with E-state index in [0.717, 1.165) is 49.4 Å². The predicted octanol–water partition coefficient (Wildman–Crippen LogP) is 3.15. The van der Waals surface area contributed by atoms with Crippen LogP contribution in [0.4, 0.5) is 10.1 Å². The largest absolute Gasteiger partial charge is 0.494 e. The average Bonchev–Trinajstić information content (AvgIpc) is 2.70. The van der Waals surface area contributed by atoms with Crippen LogP contribution in [0, 0.1) is 5.82 Å². The van der Waals surface area contributed by atoms with E-state index in [1.165, 1.54) is 13.2 Å². The number of benzene rings is 2. The van der Waals surface area contributed by atoms with Gasteiger partial charge in [-0.3, -0.25) is 14.6 Å². The first-order chi connectivity index (χ1) is 13.6. The number of hydrogen-bond donors (Lipinski definition) is 1. The van der Waals surface area contributed by atoms with Crippen LogP contribution in [0.2, 0.25) is 0 Å². The highest BCUT2D eigenvalue weighted by Gasteiger charge is 2.19. The third kappa shape index (κ3) is 5.30. The van der Waals surface area contributed by atoms with Crippen molar-refractivity contribution in [3.8, 4) is 5.75 Å². The average molecular weight is 385 g/mol. The molecular formula is C22H28FN3O2. The lowest BCUT2D eigenvalue weighted by molar-refractivity contribution is -0.117. The van der Waals surface area contributed by atoms with Crippen LogP contribution < -0.4 is 10.1 Å². The van der Waals surface area contributed by atoms with Crippen molar-refractivity contribution < 1.29 is 13.9 Å². The minimum absolute atomic E-state index is 0.0200. The molecular weight excluding hydrogens is 357 g/mol. The van der Waals surface area contributed by atoms with Gasteiger partial charge in [0.15, 0.2) is 11.6 Å². The van der Waals surface area contributed by atoms with Crippen LogP contribution in [0.25, 0.3) is 0 Å². The van der Waals surface area contributed by atoms with E-state index >= 15 is 0 Å². The van der Waals surface area contributed by atoms with Crippen molar-refractivity contribution in [1.29, 1.82) is 0 Å². The summed E-state index contributed by atoms with van der Waals surface area (Å²) in [5.41, 5.74) is 2.98. The van der Waals surface area contributed by atoms with Crippen molar-refractivity contribution >= 4 is 11.6 Å². The lowest BCUT2D eigenvalue weighted by atomic mass is 10.1. The Morgan fingerprint density at radius 3 is 2.50 bits per heavy atom. The summed E-state index contributed by atoms with van der Waals surface area (Å²) in [6.07, 6.45) is 0.890. The molecule has 0 atom stereocenters. The molecule has 0 radical (unpaired) electrons. The molecule has 5 nitrogen and oxygen atoms in total. The first-order valence-electron chi connectivity index (χ1n) is 9.74. The highest BCUT2D eigenvalue weighted by molar-refractivity contribution is 5.93. The summed E-state index contributed by atoms with van der Waals surface area (Å²) in [6, 6.07) is 13.0. The summed E-state index contributed by atoms with van der Waals surface area (Å²) in [5.74, 6) is -0.0431. The number of ether oxygens (including phenoxy) is 1. The van der Waals surface area contributed by atoms with Crippen molar-refractivity contribution in [3.63, 3.8) is 0 Å². The SMILES string of the molecule is CCc1ccccc1NC(=O)CN1CCN(Cc2ccc(OC)c(F)c2)CC1. The van der Waals surface area contributed by atoms with Gasteiger partial charge in [-0.05, 0) is 35.7 Å². The zero-order chi connectivity index (χ0) is 19.9. The standard InChI is InChI=1S/C22H28FN3O2/c1-3-18-6-4-5-7-20(18)24-22(27)16-26-12-10-25(11-13-26)15-17-8-9-21(28-2)19(23)14-17/h4-9,14H,3,10-13,15-16H2,1-2H3,(H,24,27). The molecule has 28 heavy (non-hydrogen) atoms. The second kappa shape index (κ2) is 9.66. The third-order valence-electron chi connectivity index (χ3n) is 5.13. The van der Waals surface area contributed by atoms with Crippen molar-refractivity contribution in [2.45, 2.75) is 19.9 Å². The molecule has 2 aromatic rings. The Labute approximate surface area is 166 Å². The summed E-state index contributed by atoms with van der Waals surface area (Å²) in [4.78, 5) is 16.8. The van der Waals surface area contributed by atoms with Crippen LogP contribution in [0.15, 0.2) is 42.5 Å². The zero-order valence-electron chi connectivity index (χ0n) is 16.6. The Morgan fingerprint density at radius 2 is 1.82 bits per heavy atom. The van der Waals surface area contributed by atoms with Gasteiger partial charge < -0.3 is 10.1 Å². The number of carbonyl (C=O) groups is 1. The van der Waals surface area contributed by atoms with E-state index < -0.39 is 0 Å². The molecule has 1 aliphatic rings. The Bertz CT molecular complexity index is 804. The maximum atomic E-state index is 13.8. The third-order valence-corrected chi connectivity index (χ3v) is 5.13. The number of aryl methyl sites for hydroxylation is 1. The maximum Gasteiger partial charge on any atom is 0.238 e. The van der Waals surface area contributed by atoms with Crippen LogP contribution in [0.1, 0.15) is 18.1 Å². The number of hydrogen-bond acceptors (Lipinski definition) is 4. The summed E-state index contributed by atoms with van der Waals surface area (Å²) in [6.45, 7) is 6.52. The Hall–Kier alpha value is -2.44. The number of carbonyl (C=O) groups excluding carboxylic acids is 1. The van der Waals surface area contributed by atoms with Gasteiger partial charge in [-0.2, -0.15) is 0 Å². The predicted molar refractivity (Wildman–Crippen MR) is 109 cm³/mol. The highest BCUT2D eigenvalue weighted by atomic mass is 19.1. The molecule has 1 heterocycles. The molecule has 1 aliphatic heterocycles. The van der Waals surface area contributed by atoms with Gasteiger partial charge in [0.05, 0.1) is 13.7 Å². The summed E-state index contributed by atoms with van der Waals surface area (Å²) >= 11 is 0. The molecule has 150 valence electrons. The van der Waals surface area contributed by atoms with Gasteiger partial charge in [0, 0.05) is 38.4 Å². The second-order valence-corrected chi connectivity index (χ2v) is 7.08. The number of anilines is 1. The molecule has 1 N–H and O–H groups in total.